The molecule has 0 amide bonds. The lowest BCUT2D eigenvalue weighted by Crippen LogP contribution is -2.35. The van der Waals surface area contributed by atoms with Crippen molar-refractivity contribution in [2.24, 2.45) is 0 Å². The van der Waals surface area contributed by atoms with Crippen LogP contribution in [-0.2, 0) is 13.8 Å². The van der Waals surface area contributed by atoms with Gasteiger partial charge in [0.15, 0.2) is 0 Å². The van der Waals surface area contributed by atoms with Gasteiger partial charge in [-0.3, -0.25) is 4.79 Å². The van der Waals surface area contributed by atoms with Crippen molar-refractivity contribution in [1.29, 1.82) is 0 Å². The SMILES string of the molecule is Cc1ccc(SONC(C)C(=O)OC2CCCC2)cc1. The van der Waals surface area contributed by atoms with Gasteiger partial charge in [-0.05, 0) is 51.7 Å². The van der Waals surface area contributed by atoms with Crippen LogP contribution in [0.4, 0.5) is 0 Å². The van der Waals surface area contributed by atoms with Crippen LogP contribution < -0.4 is 5.48 Å². The molecule has 0 aromatic heterocycles. The molecule has 1 aromatic carbocycles. The maximum atomic E-state index is 11.8. The number of ether oxygens (including phenoxy) is 1. The van der Waals surface area contributed by atoms with E-state index in [4.69, 9.17) is 9.02 Å². The molecular weight excluding hydrogens is 274 g/mol. The molecule has 1 aromatic rings. The first-order valence-electron chi connectivity index (χ1n) is 7.01. The highest BCUT2D eigenvalue weighted by Crippen LogP contribution is 2.22. The Balaban J connectivity index is 1.67. The number of hydrogen-bond acceptors (Lipinski definition) is 5. The van der Waals surface area contributed by atoms with E-state index in [1.165, 1.54) is 17.6 Å². The molecule has 110 valence electrons. The van der Waals surface area contributed by atoms with Crippen LogP contribution in [0.5, 0.6) is 0 Å². The molecule has 1 saturated carbocycles. The Morgan fingerprint density at radius 1 is 1.30 bits per heavy atom. The Labute approximate surface area is 124 Å². The van der Waals surface area contributed by atoms with Crippen LogP contribution in [0.1, 0.15) is 38.2 Å². The highest BCUT2D eigenvalue weighted by Gasteiger charge is 2.22. The van der Waals surface area contributed by atoms with Gasteiger partial charge in [0.1, 0.15) is 12.1 Å². The van der Waals surface area contributed by atoms with Crippen LogP contribution in [0.3, 0.4) is 0 Å². The maximum Gasteiger partial charge on any atom is 0.325 e. The largest absolute Gasteiger partial charge is 0.461 e. The number of esters is 1. The van der Waals surface area contributed by atoms with Crippen molar-refractivity contribution >= 4 is 18.0 Å². The van der Waals surface area contributed by atoms with Gasteiger partial charge in [0.2, 0.25) is 0 Å². The minimum Gasteiger partial charge on any atom is -0.461 e. The number of benzene rings is 1. The van der Waals surface area contributed by atoms with Gasteiger partial charge < -0.3 is 4.74 Å². The van der Waals surface area contributed by atoms with Crippen LogP contribution in [0, 0.1) is 6.92 Å². The molecule has 0 aliphatic heterocycles. The van der Waals surface area contributed by atoms with Gasteiger partial charge in [-0.2, -0.15) is 5.48 Å². The predicted molar refractivity (Wildman–Crippen MR) is 79.1 cm³/mol. The third kappa shape index (κ3) is 4.81. The van der Waals surface area contributed by atoms with E-state index in [2.05, 4.69) is 5.48 Å². The summed E-state index contributed by atoms with van der Waals surface area (Å²) in [6.45, 7) is 3.78. The van der Waals surface area contributed by atoms with Crippen molar-refractivity contribution in [1.82, 2.24) is 5.48 Å². The van der Waals surface area contributed by atoms with E-state index in [-0.39, 0.29) is 12.1 Å². The lowest BCUT2D eigenvalue weighted by molar-refractivity contribution is -0.152. The fourth-order valence-corrected chi connectivity index (χ4v) is 2.59. The summed E-state index contributed by atoms with van der Waals surface area (Å²) in [5.74, 6) is -0.249. The minimum absolute atomic E-state index is 0.0940. The molecule has 4 nitrogen and oxygen atoms in total. The van der Waals surface area contributed by atoms with Crippen LogP contribution in [0.25, 0.3) is 0 Å². The van der Waals surface area contributed by atoms with E-state index >= 15 is 0 Å². The zero-order valence-corrected chi connectivity index (χ0v) is 12.7. The Morgan fingerprint density at radius 2 is 1.95 bits per heavy atom. The van der Waals surface area contributed by atoms with E-state index in [1.54, 1.807) is 6.92 Å². The summed E-state index contributed by atoms with van der Waals surface area (Å²) < 4.78 is 10.7. The summed E-state index contributed by atoms with van der Waals surface area (Å²) in [5.41, 5.74) is 3.91. The summed E-state index contributed by atoms with van der Waals surface area (Å²) in [7, 11) is 0. The van der Waals surface area contributed by atoms with E-state index in [0.717, 1.165) is 30.6 Å². The second-order valence-electron chi connectivity index (χ2n) is 5.16. The van der Waals surface area contributed by atoms with E-state index in [0.29, 0.717) is 0 Å². The van der Waals surface area contributed by atoms with Crippen molar-refractivity contribution < 1.29 is 13.8 Å². The summed E-state index contributed by atoms with van der Waals surface area (Å²) in [5, 5.41) is 0. The molecule has 0 heterocycles. The highest BCUT2D eigenvalue weighted by molar-refractivity contribution is 7.94. The van der Waals surface area contributed by atoms with Gasteiger partial charge in [-0.15, -0.1) is 0 Å². The molecule has 5 heteroatoms. The monoisotopic (exact) mass is 295 g/mol. The van der Waals surface area contributed by atoms with Crippen molar-refractivity contribution in [3.8, 4) is 0 Å². The van der Waals surface area contributed by atoms with Crippen molar-refractivity contribution in [2.75, 3.05) is 0 Å². The third-order valence-electron chi connectivity index (χ3n) is 3.32. The zero-order chi connectivity index (χ0) is 14.4. The molecule has 1 atom stereocenters. The number of nitrogens with one attached hydrogen (secondary N) is 1. The van der Waals surface area contributed by atoms with E-state index in [9.17, 15) is 4.79 Å². The molecular formula is C15H21NO3S. The predicted octanol–water partition coefficient (Wildman–Crippen LogP) is 3.40. The highest BCUT2D eigenvalue weighted by atomic mass is 32.2. The average Bonchev–Trinajstić information content (AvgIpc) is 2.93. The fraction of sp³-hybridized carbons (Fsp3) is 0.533. The molecule has 2 rings (SSSR count). The molecule has 1 fully saturated rings. The number of hydroxylamine groups is 1. The van der Waals surface area contributed by atoms with Gasteiger partial charge >= 0.3 is 5.97 Å². The normalized spacial score (nSPS) is 17.1. The Kier molecular flexibility index (Phi) is 5.88. The van der Waals surface area contributed by atoms with Gasteiger partial charge in [0.25, 0.3) is 0 Å². The Morgan fingerprint density at radius 3 is 2.60 bits per heavy atom. The second kappa shape index (κ2) is 7.67. The molecule has 0 saturated heterocycles. The zero-order valence-electron chi connectivity index (χ0n) is 11.9. The number of aryl methyl sites for hydroxylation is 1. The number of hydrogen-bond donors (Lipinski definition) is 1. The molecule has 1 N–H and O–H groups in total. The van der Waals surface area contributed by atoms with Gasteiger partial charge in [0, 0.05) is 4.90 Å². The molecule has 1 unspecified atom stereocenters. The van der Waals surface area contributed by atoms with Crippen molar-refractivity contribution in [3.05, 3.63) is 29.8 Å². The van der Waals surface area contributed by atoms with Crippen molar-refractivity contribution in [3.63, 3.8) is 0 Å². The number of carbonyl (C=O) groups excluding carboxylic acids is 1. The van der Waals surface area contributed by atoms with Crippen LogP contribution in [0.15, 0.2) is 29.2 Å². The Hall–Kier alpha value is -1.04. The first-order valence-corrected chi connectivity index (χ1v) is 7.75. The number of carbonyl (C=O) groups is 1. The van der Waals surface area contributed by atoms with Crippen LogP contribution in [-0.4, -0.2) is 18.1 Å². The molecule has 1 aliphatic rings. The van der Waals surface area contributed by atoms with Gasteiger partial charge in [-0.25, -0.2) is 4.28 Å². The molecule has 20 heavy (non-hydrogen) atoms. The summed E-state index contributed by atoms with van der Waals surface area (Å²) in [6, 6.07) is 7.52. The molecule has 1 aliphatic carbocycles. The summed E-state index contributed by atoms with van der Waals surface area (Å²) in [6.07, 6.45) is 4.37. The lowest BCUT2D eigenvalue weighted by atomic mass is 10.2. The van der Waals surface area contributed by atoms with Crippen LogP contribution >= 0.6 is 12.0 Å². The third-order valence-corrected chi connectivity index (χ3v) is 3.97. The van der Waals surface area contributed by atoms with E-state index in [1.807, 2.05) is 31.2 Å². The minimum atomic E-state index is -0.464. The second-order valence-corrected chi connectivity index (χ2v) is 5.97. The lowest BCUT2D eigenvalue weighted by Gasteiger charge is -2.16. The number of rotatable bonds is 6. The Bertz CT molecular complexity index is 429. The smallest absolute Gasteiger partial charge is 0.325 e. The molecule has 0 spiro atoms. The average molecular weight is 295 g/mol. The first kappa shape index (κ1) is 15.4. The summed E-state index contributed by atoms with van der Waals surface area (Å²) in [4.78, 5) is 12.8. The first-order chi connectivity index (χ1) is 9.65. The standard InChI is InChI=1S/C15H21NO3S/c1-11-7-9-14(10-8-11)20-19-16-12(2)15(17)18-13-5-3-4-6-13/h7-10,12-13,16H,3-6H2,1-2H3. The van der Waals surface area contributed by atoms with E-state index < -0.39 is 6.04 Å². The van der Waals surface area contributed by atoms with Crippen LogP contribution in [0.2, 0.25) is 0 Å². The molecule has 0 radical (unpaired) electrons. The maximum absolute atomic E-state index is 11.8. The summed E-state index contributed by atoms with van der Waals surface area (Å²) >= 11 is 1.20. The topological polar surface area (TPSA) is 47.6 Å². The molecule has 0 bridgehead atoms. The fourth-order valence-electron chi connectivity index (χ4n) is 2.06. The quantitative estimate of drug-likeness (QED) is 0.495. The van der Waals surface area contributed by atoms with Gasteiger partial charge in [-0.1, -0.05) is 17.7 Å². The van der Waals surface area contributed by atoms with Gasteiger partial charge in [0.05, 0.1) is 12.0 Å². The van der Waals surface area contributed by atoms with Crippen molar-refractivity contribution in [2.45, 2.75) is 56.6 Å².